The molecule has 0 saturated carbocycles. The van der Waals surface area contributed by atoms with E-state index in [9.17, 15) is 13.2 Å². The van der Waals surface area contributed by atoms with Crippen LogP contribution in [0.3, 0.4) is 0 Å². The lowest BCUT2D eigenvalue weighted by Gasteiger charge is -2.31. The number of amides is 1. The molecular weight excluding hydrogens is 462 g/mol. The predicted octanol–water partition coefficient (Wildman–Crippen LogP) is 2.70. The van der Waals surface area contributed by atoms with Gasteiger partial charge in [-0.15, -0.1) is 0 Å². The highest BCUT2D eigenvalue weighted by Crippen LogP contribution is 2.21. The first-order chi connectivity index (χ1) is 16.9. The van der Waals surface area contributed by atoms with Gasteiger partial charge in [0.05, 0.1) is 29.6 Å². The zero-order valence-electron chi connectivity index (χ0n) is 19.5. The summed E-state index contributed by atoms with van der Waals surface area (Å²) in [5.41, 5.74) is 3.42. The van der Waals surface area contributed by atoms with Crippen LogP contribution in [0.2, 0.25) is 0 Å². The third-order valence-electron chi connectivity index (χ3n) is 6.26. The fraction of sp³-hybridized carbons (Fsp3) is 0.346. The summed E-state index contributed by atoms with van der Waals surface area (Å²) in [6, 6.07) is 18.7. The van der Waals surface area contributed by atoms with Gasteiger partial charge < -0.3 is 9.88 Å². The second-order valence-corrected chi connectivity index (χ2v) is 10.8. The number of hydrogen-bond acceptors (Lipinski definition) is 5. The predicted molar refractivity (Wildman–Crippen MR) is 133 cm³/mol. The first-order valence-corrected chi connectivity index (χ1v) is 13.3. The number of hydrogen-bond donors (Lipinski definition) is 1. The zero-order chi connectivity index (χ0) is 24.7. The van der Waals surface area contributed by atoms with Gasteiger partial charge in [-0.1, -0.05) is 42.5 Å². The van der Waals surface area contributed by atoms with Gasteiger partial charge in [-0.25, -0.2) is 17.7 Å². The molecule has 1 aliphatic rings. The van der Waals surface area contributed by atoms with Gasteiger partial charge in [0.2, 0.25) is 15.9 Å². The molecule has 1 aliphatic heterocycles. The van der Waals surface area contributed by atoms with Crippen molar-refractivity contribution in [1.82, 2.24) is 19.2 Å². The second-order valence-electron chi connectivity index (χ2n) is 8.80. The maximum Gasteiger partial charge on any atom is 0.224 e. The molecule has 1 saturated heterocycles. The van der Waals surface area contributed by atoms with Gasteiger partial charge in [0, 0.05) is 44.5 Å². The Hall–Kier alpha value is -3.48. The minimum atomic E-state index is -3.47. The highest BCUT2D eigenvalue weighted by molar-refractivity contribution is 7.88. The molecule has 1 aromatic heterocycles. The van der Waals surface area contributed by atoms with Crippen molar-refractivity contribution in [3.05, 3.63) is 89.5 Å². The van der Waals surface area contributed by atoms with Crippen LogP contribution in [0.1, 0.15) is 35.2 Å². The van der Waals surface area contributed by atoms with E-state index in [1.54, 1.807) is 36.8 Å². The maximum atomic E-state index is 12.9. The van der Waals surface area contributed by atoms with Crippen molar-refractivity contribution in [3.63, 3.8) is 0 Å². The van der Waals surface area contributed by atoms with Crippen molar-refractivity contribution in [1.29, 1.82) is 5.26 Å². The minimum absolute atomic E-state index is 0.0502. The minimum Gasteiger partial charge on any atom is -0.355 e. The topological polar surface area (TPSA) is 108 Å². The Kier molecular flexibility index (Phi) is 7.95. The quantitative estimate of drug-likeness (QED) is 0.495. The summed E-state index contributed by atoms with van der Waals surface area (Å²) < 4.78 is 29.2. The fourth-order valence-electron chi connectivity index (χ4n) is 4.32. The lowest BCUT2D eigenvalue weighted by molar-refractivity contribution is -0.126. The van der Waals surface area contributed by atoms with Crippen molar-refractivity contribution >= 4 is 15.9 Å². The van der Waals surface area contributed by atoms with Crippen LogP contribution >= 0.6 is 0 Å². The van der Waals surface area contributed by atoms with Crippen LogP contribution in [0.15, 0.2) is 67.1 Å². The molecule has 0 spiro atoms. The van der Waals surface area contributed by atoms with Gasteiger partial charge in [-0.3, -0.25) is 4.79 Å². The Labute approximate surface area is 206 Å². The highest BCUT2D eigenvalue weighted by atomic mass is 32.2. The average Bonchev–Trinajstić information content (AvgIpc) is 3.31. The van der Waals surface area contributed by atoms with Gasteiger partial charge in [-0.2, -0.15) is 5.26 Å². The first-order valence-electron chi connectivity index (χ1n) is 11.7. The van der Waals surface area contributed by atoms with Gasteiger partial charge in [0.15, 0.2) is 0 Å². The summed E-state index contributed by atoms with van der Waals surface area (Å²) in [7, 11) is -3.47. The second kappa shape index (κ2) is 11.3. The van der Waals surface area contributed by atoms with Gasteiger partial charge in [0.25, 0.3) is 0 Å². The van der Waals surface area contributed by atoms with Crippen LogP contribution in [0, 0.1) is 17.2 Å². The van der Waals surface area contributed by atoms with E-state index in [0.29, 0.717) is 44.5 Å². The van der Waals surface area contributed by atoms with Crippen molar-refractivity contribution in [2.75, 3.05) is 19.6 Å². The van der Waals surface area contributed by atoms with Gasteiger partial charge >= 0.3 is 0 Å². The summed E-state index contributed by atoms with van der Waals surface area (Å²) in [6.45, 7) is 1.75. The fourth-order valence-corrected chi connectivity index (χ4v) is 5.93. The van der Waals surface area contributed by atoms with Crippen molar-refractivity contribution in [2.24, 2.45) is 5.92 Å². The summed E-state index contributed by atoms with van der Waals surface area (Å²) in [6.07, 6.45) is 5.51. The molecule has 0 radical (unpaired) electrons. The van der Waals surface area contributed by atoms with E-state index in [1.807, 2.05) is 34.9 Å². The summed E-state index contributed by atoms with van der Waals surface area (Å²) in [4.78, 5) is 17.0. The summed E-state index contributed by atoms with van der Waals surface area (Å²) in [5.74, 6) is -0.508. The van der Waals surface area contributed by atoms with E-state index >= 15 is 0 Å². The number of imidazole rings is 1. The zero-order valence-corrected chi connectivity index (χ0v) is 20.3. The number of carbonyl (C=O) groups excluding carboxylic acids is 1. The molecule has 182 valence electrons. The van der Waals surface area contributed by atoms with E-state index < -0.39 is 10.0 Å². The smallest absolute Gasteiger partial charge is 0.224 e. The van der Waals surface area contributed by atoms with Crippen LogP contribution in [0.5, 0.6) is 0 Å². The molecule has 2 aromatic carbocycles. The van der Waals surface area contributed by atoms with Crippen molar-refractivity contribution < 1.29 is 13.2 Å². The number of rotatable bonds is 9. The lowest BCUT2D eigenvalue weighted by Crippen LogP contribution is -2.46. The molecule has 1 fully saturated rings. The third kappa shape index (κ3) is 6.56. The highest BCUT2D eigenvalue weighted by Gasteiger charge is 2.32. The third-order valence-corrected chi connectivity index (χ3v) is 8.07. The molecule has 9 heteroatoms. The standard InChI is InChI=1S/C26H29N5O3S/c27-15-21-8-10-22(11-9-21)17-30-20-28-16-25(30)12-13-29-26(32)24-7-4-14-31(18-24)35(33,34)19-23-5-2-1-3-6-23/h1-3,5-6,8-11,16,20,24H,4,7,12-14,17-19H2,(H,29,32). The largest absolute Gasteiger partial charge is 0.355 e. The Morgan fingerprint density at radius 3 is 2.63 bits per heavy atom. The Morgan fingerprint density at radius 1 is 1.11 bits per heavy atom. The van der Waals surface area contributed by atoms with Crippen LogP contribution < -0.4 is 5.32 Å². The number of nitrogens with one attached hydrogen (secondary N) is 1. The van der Waals surface area contributed by atoms with E-state index in [-0.39, 0.29) is 24.1 Å². The number of nitrogens with zero attached hydrogens (tertiary/aromatic N) is 4. The van der Waals surface area contributed by atoms with Crippen molar-refractivity contribution in [2.45, 2.75) is 31.6 Å². The van der Waals surface area contributed by atoms with Crippen LogP contribution in [-0.2, 0) is 33.5 Å². The normalized spacial score (nSPS) is 16.5. The molecule has 35 heavy (non-hydrogen) atoms. The molecule has 8 nitrogen and oxygen atoms in total. The molecule has 0 bridgehead atoms. The molecule has 1 N–H and O–H groups in total. The molecule has 1 atom stereocenters. The molecule has 0 aliphatic carbocycles. The van der Waals surface area contributed by atoms with E-state index in [2.05, 4.69) is 16.4 Å². The lowest BCUT2D eigenvalue weighted by atomic mass is 9.99. The molecule has 2 heterocycles. The molecule has 4 rings (SSSR count). The van der Waals surface area contributed by atoms with Gasteiger partial charge in [0.1, 0.15) is 0 Å². The molecule has 1 amide bonds. The Morgan fingerprint density at radius 2 is 1.89 bits per heavy atom. The van der Waals surface area contributed by atoms with E-state index in [4.69, 9.17) is 5.26 Å². The molecule has 3 aromatic rings. The number of sulfonamides is 1. The Bertz CT molecular complexity index is 1280. The van der Waals surface area contributed by atoms with Crippen molar-refractivity contribution in [3.8, 4) is 6.07 Å². The molecular formula is C26H29N5O3S. The average molecular weight is 492 g/mol. The molecule has 1 unspecified atom stereocenters. The Balaban J connectivity index is 1.28. The SMILES string of the molecule is N#Cc1ccc(Cn2cncc2CCNC(=O)C2CCCN(S(=O)(=O)Cc3ccccc3)C2)cc1. The van der Waals surface area contributed by atoms with Crippen LogP contribution in [0.25, 0.3) is 0 Å². The summed E-state index contributed by atoms with van der Waals surface area (Å²) in [5, 5.41) is 11.9. The number of aromatic nitrogens is 2. The number of piperidine rings is 1. The van der Waals surface area contributed by atoms with E-state index in [1.165, 1.54) is 4.31 Å². The maximum absolute atomic E-state index is 12.9. The number of nitriles is 1. The van der Waals surface area contributed by atoms with Crippen LogP contribution in [0.4, 0.5) is 0 Å². The van der Waals surface area contributed by atoms with Gasteiger partial charge in [-0.05, 0) is 36.1 Å². The monoisotopic (exact) mass is 491 g/mol. The van der Waals surface area contributed by atoms with Crippen LogP contribution in [-0.4, -0.2) is 47.8 Å². The number of benzene rings is 2. The van der Waals surface area contributed by atoms with E-state index in [0.717, 1.165) is 16.8 Å². The first kappa shape index (κ1) is 24.6. The summed E-state index contributed by atoms with van der Waals surface area (Å²) >= 11 is 0. The number of carbonyl (C=O) groups is 1.